The number of amides is 1. The van der Waals surface area contributed by atoms with Crippen molar-refractivity contribution in [2.45, 2.75) is 77.7 Å². The first-order valence-electron chi connectivity index (χ1n) is 8.47. The minimum absolute atomic E-state index is 0.0528. The van der Waals surface area contributed by atoms with Gasteiger partial charge in [0.25, 0.3) is 0 Å². The Morgan fingerprint density at radius 2 is 1.86 bits per heavy atom. The predicted molar refractivity (Wildman–Crippen MR) is 81.9 cm³/mol. The van der Waals surface area contributed by atoms with E-state index in [0.29, 0.717) is 12.3 Å². The maximum atomic E-state index is 12.8. The first-order valence-corrected chi connectivity index (χ1v) is 8.47. The van der Waals surface area contributed by atoms with E-state index in [9.17, 15) is 9.59 Å². The molecule has 0 aromatic rings. The number of carbonyl (C=O) groups is 2. The molecule has 0 heterocycles. The molecule has 0 aromatic carbocycles. The number of aliphatic carboxylic acids is 1. The smallest absolute Gasteiger partial charge is 0.306 e. The Bertz CT molecular complexity index is 385. The maximum Gasteiger partial charge on any atom is 0.306 e. The summed E-state index contributed by atoms with van der Waals surface area (Å²) in [5.41, 5.74) is -0.190. The fourth-order valence-corrected chi connectivity index (χ4v) is 4.24. The third-order valence-electron chi connectivity index (χ3n) is 5.20. The Morgan fingerprint density at radius 1 is 1.19 bits per heavy atom. The Balaban J connectivity index is 1.97. The highest BCUT2D eigenvalue weighted by Crippen LogP contribution is 2.43. The normalized spacial score (nSPS) is 28.5. The number of carbonyl (C=O) groups excluding carboxylic acids is 1. The Labute approximate surface area is 127 Å². The van der Waals surface area contributed by atoms with Gasteiger partial charge in [0.2, 0.25) is 5.91 Å². The number of nitrogens with one attached hydrogen (secondary N) is 1. The van der Waals surface area contributed by atoms with Crippen LogP contribution in [0.2, 0.25) is 0 Å². The second kappa shape index (κ2) is 6.80. The van der Waals surface area contributed by atoms with Gasteiger partial charge in [0.05, 0.1) is 5.92 Å². The number of carboxylic acids is 1. The summed E-state index contributed by atoms with van der Waals surface area (Å²) >= 11 is 0. The van der Waals surface area contributed by atoms with E-state index in [-0.39, 0.29) is 23.3 Å². The molecule has 0 aliphatic heterocycles. The van der Waals surface area contributed by atoms with Gasteiger partial charge in [-0.2, -0.15) is 0 Å². The van der Waals surface area contributed by atoms with Crippen LogP contribution in [0.15, 0.2) is 0 Å². The summed E-state index contributed by atoms with van der Waals surface area (Å²) in [6.45, 7) is 4.35. The maximum absolute atomic E-state index is 12.8. The predicted octanol–water partition coefficient (Wildman–Crippen LogP) is 3.35. The van der Waals surface area contributed by atoms with Crippen LogP contribution in [0.25, 0.3) is 0 Å². The summed E-state index contributed by atoms with van der Waals surface area (Å²) in [7, 11) is 0. The topological polar surface area (TPSA) is 66.4 Å². The van der Waals surface area contributed by atoms with Gasteiger partial charge in [0.1, 0.15) is 0 Å². The van der Waals surface area contributed by atoms with Crippen molar-refractivity contribution in [2.24, 2.45) is 17.3 Å². The second-order valence-electron chi connectivity index (χ2n) is 7.46. The molecule has 4 nitrogen and oxygen atoms in total. The lowest BCUT2D eigenvalue weighted by atomic mass is 9.77. The Hall–Kier alpha value is -1.06. The average Bonchev–Trinajstić information content (AvgIpc) is 2.88. The molecule has 2 aliphatic carbocycles. The third-order valence-corrected chi connectivity index (χ3v) is 5.20. The molecule has 1 amide bonds. The molecule has 21 heavy (non-hydrogen) atoms. The molecule has 0 bridgehead atoms. The lowest BCUT2D eigenvalue weighted by Gasteiger charge is -2.34. The molecule has 2 N–H and O–H groups in total. The third kappa shape index (κ3) is 3.98. The average molecular weight is 295 g/mol. The van der Waals surface area contributed by atoms with Crippen molar-refractivity contribution in [1.82, 2.24) is 5.32 Å². The van der Waals surface area contributed by atoms with Crippen LogP contribution in [0.3, 0.4) is 0 Å². The molecular formula is C17H29NO3. The van der Waals surface area contributed by atoms with Crippen molar-refractivity contribution in [2.75, 3.05) is 0 Å². The standard InChI is InChI=1S/C17H29NO3/c1-12(2)11-17(8-3-4-9-17)16(21)18-14-7-5-6-13(10-14)15(19)20/h12-14H,3-11H2,1-2H3,(H,18,21)(H,19,20). The van der Waals surface area contributed by atoms with E-state index in [1.165, 1.54) is 0 Å². The van der Waals surface area contributed by atoms with Crippen molar-refractivity contribution in [1.29, 1.82) is 0 Å². The zero-order valence-corrected chi connectivity index (χ0v) is 13.4. The zero-order valence-electron chi connectivity index (χ0n) is 13.4. The largest absolute Gasteiger partial charge is 0.481 e. The van der Waals surface area contributed by atoms with E-state index < -0.39 is 5.97 Å². The number of rotatable bonds is 5. The fraction of sp³-hybridized carbons (Fsp3) is 0.882. The quantitative estimate of drug-likeness (QED) is 0.817. The lowest BCUT2D eigenvalue weighted by molar-refractivity contribution is -0.144. The SMILES string of the molecule is CC(C)CC1(C(=O)NC2CCCC(C(=O)O)C2)CCCC1. The molecule has 2 rings (SSSR count). The number of hydrogen-bond acceptors (Lipinski definition) is 2. The van der Waals surface area contributed by atoms with Crippen molar-refractivity contribution in [3.05, 3.63) is 0 Å². The Morgan fingerprint density at radius 3 is 2.43 bits per heavy atom. The summed E-state index contributed by atoms with van der Waals surface area (Å²) < 4.78 is 0. The van der Waals surface area contributed by atoms with E-state index in [1.54, 1.807) is 0 Å². The van der Waals surface area contributed by atoms with Crippen LogP contribution in [-0.2, 0) is 9.59 Å². The van der Waals surface area contributed by atoms with E-state index >= 15 is 0 Å². The van der Waals surface area contributed by atoms with Gasteiger partial charge in [-0.25, -0.2) is 0 Å². The van der Waals surface area contributed by atoms with Gasteiger partial charge in [0, 0.05) is 11.5 Å². The molecule has 2 unspecified atom stereocenters. The van der Waals surface area contributed by atoms with Crippen LogP contribution in [-0.4, -0.2) is 23.0 Å². The zero-order chi connectivity index (χ0) is 15.5. The van der Waals surface area contributed by atoms with Gasteiger partial charge in [-0.05, 0) is 44.4 Å². The van der Waals surface area contributed by atoms with Crippen LogP contribution in [0.1, 0.15) is 71.6 Å². The first-order chi connectivity index (χ1) is 9.93. The van der Waals surface area contributed by atoms with Gasteiger partial charge in [0.15, 0.2) is 0 Å². The van der Waals surface area contributed by atoms with Crippen LogP contribution in [0, 0.1) is 17.3 Å². The lowest BCUT2D eigenvalue weighted by Crippen LogP contribution is -2.47. The van der Waals surface area contributed by atoms with Gasteiger partial charge < -0.3 is 10.4 Å². The van der Waals surface area contributed by atoms with Gasteiger partial charge in [-0.3, -0.25) is 9.59 Å². The van der Waals surface area contributed by atoms with Gasteiger partial charge in [-0.15, -0.1) is 0 Å². The fourth-order valence-electron chi connectivity index (χ4n) is 4.24. The van der Waals surface area contributed by atoms with Crippen LogP contribution < -0.4 is 5.32 Å². The monoisotopic (exact) mass is 295 g/mol. The highest BCUT2D eigenvalue weighted by Gasteiger charge is 2.42. The minimum Gasteiger partial charge on any atom is -0.481 e. The molecule has 2 fully saturated rings. The molecule has 0 saturated heterocycles. The molecular weight excluding hydrogens is 266 g/mol. The van der Waals surface area contributed by atoms with Gasteiger partial charge >= 0.3 is 5.97 Å². The highest BCUT2D eigenvalue weighted by molar-refractivity contribution is 5.83. The summed E-state index contributed by atoms with van der Waals surface area (Å²) in [5, 5.41) is 12.3. The molecule has 0 aromatic heterocycles. The molecule has 120 valence electrons. The van der Waals surface area contributed by atoms with Crippen LogP contribution in [0.5, 0.6) is 0 Å². The summed E-state index contributed by atoms with van der Waals surface area (Å²) in [6.07, 6.45) is 8.39. The van der Waals surface area contributed by atoms with Gasteiger partial charge in [-0.1, -0.05) is 33.1 Å². The van der Waals surface area contributed by atoms with Crippen molar-refractivity contribution < 1.29 is 14.7 Å². The first kappa shape index (κ1) is 16.3. The number of hydrogen-bond donors (Lipinski definition) is 2. The van der Waals surface area contributed by atoms with Crippen LogP contribution in [0.4, 0.5) is 0 Å². The number of carboxylic acid groups (broad SMARTS) is 1. The summed E-state index contributed by atoms with van der Waals surface area (Å²) in [4.78, 5) is 23.9. The molecule has 2 aliphatic rings. The highest BCUT2D eigenvalue weighted by atomic mass is 16.4. The van der Waals surface area contributed by atoms with Crippen molar-refractivity contribution in [3.63, 3.8) is 0 Å². The van der Waals surface area contributed by atoms with E-state index in [4.69, 9.17) is 5.11 Å². The summed E-state index contributed by atoms with van der Waals surface area (Å²) in [6, 6.07) is 0.0528. The van der Waals surface area contributed by atoms with Crippen molar-refractivity contribution in [3.8, 4) is 0 Å². The molecule has 0 radical (unpaired) electrons. The molecule has 2 atom stereocenters. The van der Waals surface area contributed by atoms with Crippen molar-refractivity contribution >= 4 is 11.9 Å². The molecule has 4 heteroatoms. The van der Waals surface area contributed by atoms with E-state index in [2.05, 4.69) is 19.2 Å². The Kier molecular flexibility index (Phi) is 5.28. The molecule has 0 spiro atoms. The minimum atomic E-state index is -0.716. The second-order valence-corrected chi connectivity index (χ2v) is 7.46. The summed E-state index contributed by atoms with van der Waals surface area (Å²) in [5.74, 6) is -0.294. The van der Waals surface area contributed by atoms with E-state index in [1.807, 2.05) is 0 Å². The van der Waals surface area contributed by atoms with Crippen LogP contribution >= 0.6 is 0 Å². The van der Waals surface area contributed by atoms with E-state index in [0.717, 1.165) is 51.4 Å². The molecule has 2 saturated carbocycles.